The first kappa shape index (κ1) is 17.9. The van der Waals surface area contributed by atoms with Crippen LogP contribution in [0.25, 0.3) is 0 Å². The maximum Gasteiger partial charge on any atom is 0 e. The van der Waals surface area contributed by atoms with Crippen LogP contribution in [-0.2, 0) is 25.8 Å². The van der Waals surface area contributed by atoms with E-state index in [9.17, 15) is 0 Å². The van der Waals surface area contributed by atoms with Gasteiger partial charge in [0.25, 0.3) is 0 Å². The fourth-order valence-corrected chi connectivity index (χ4v) is 6.57. The molecule has 114 valence electrons. The van der Waals surface area contributed by atoms with Crippen LogP contribution in [-0.4, -0.2) is 13.6 Å². The molecule has 0 spiro atoms. The van der Waals surface area contributed by atoms with Crippen molar-refractivity contribution in [3.63, 3.8) is 0 Å². The molecule has 0 aromatic heterocycles. The maximum absolute atomic E-state index is 2.45. The van der Waals surface area contributed by atoms with Gasteiger partial charge in [-0.15, -0.1) is 52.1 Å². The summed E-state index contributed by atoms with van der Waals surface area (Å²) < 4.78 is 0. The van der Waals surface area contributed by atoms with Crippen molar-refractivity contribution in [3.05, 3.63) is 65.2 Å². The molecule has 0 amide bonds. The second-order valence-corrected chi connectivity index (χ2v) is 9.56. The number of rotatable bonds is 1. The van der Waals surface area contributed by atoms with Crippen LogP contribution in [0, 0.1) is 17.3 Å². The predicted molar refractivity (Wildman–Crippen MR) is 95.8 cm³/mol. The van der Waals surface area contributed by atoms with Crippen LogP contribution >= 0.6 is 0 Å². The van der Waals surface area contributed by atoms with Crippen LogP contribution < -0.4 is 0 Å². The topological polar surface area (TPSA) is 0 Å². The predicted octanol–water partition coefficient (Wildman–Crippen LogP) is 5.05. The molecular weight excluding hydrogens is 447 g/mol. The summed E-state index contributed by atoms with van der Waals surface area (Å²) in [5.41, 5.74) is 4.83. The third-order valence-corrected chi connectivity index (χ3v) is 6.79. The average Bonchev–Trinajstić information content (AvgIpc) is 2.93. The summed E-state index contributed by atoms with van der Waals surface area (Å²) in [5, 5.41) is 1.73. The fourth-order valence-electron chi connectivity index (χ4n) is 4.29. The second-order valence-electron chi connectivity index (χ2n) is 7.06. The van der Waals surface area contributed by atoms with Crippen molar-refractivity contribution in [1.82, 2.24) is 0 Å². The molecule has 0 fully saturated rings. The minimum Gasteiger partial charge on any atom is -0.140 e. The SMILES string of the molecule is CC1C=CC=CC2=C1C(=[Si](C)C)C(C)(C)[C-]2C1=CC=CC1.[Hf]. The third-order valence-electron chi connectivity index (χ3n) is 4.90. The average molecular weight is 472 g/mol. The monoisotopic (exact) mass is 473 g/mol. The van der Waals surface area contributed by atoms with Gasteiger partial charge in [-0.25, -0.2) is 0 Å². The first-order valence-corrected chi connectivity index (χ1v) is 10.5. The minimum absolute atomic E-state index is 0. The molecule has 0 aromatic carbocycles. The van der Waals surface area contributed by atoms with Crippen LogP contribution in [0.2, 0.25) is 13.1 Å². The molecular formula is C20H25HfSi-. The van der Waals surface area contributed by atoms with E-state index < -0.39 is 8.41 Å². The van der Waals surface area contributed by atoms with E-state index in [0.717, 1.165) is 6.42 Å². The van der Waals surface area contributed by atoms with Gasteiger partial charge in [-0.05, 0) is 26.2 Å². The Kier molecular flexibility index (Phi) is 5.33. The van der Waals surface area contributed by atoms with Crippen molar-refractivity contribution in [3.8, 4) is 0 Å². The van der Waals surface area contributed by atoms with Crippen molar-refractivity contribution in [2.45, 2.75) is 40.3 Å². The molecule has 0 heterocycles. The van der Waals surface area contributed by atoms with E-state index in [1.54, 1.807) is 16.7 Å². The van der Waals surface area contributed by atoms with E-state index in [1.165, 1.54) is 11.1 Å². The van der Waals surface area contributed by atoms with Crippen molar-refractivity contribution in [2.24, 2.45) is 11.3 Å². The molecule has 3 aliphatic carbocycles. The number of allylic oxidation sites excluding steroid dienone is 10. The van der Waals surface area contributed by atoms with E-state index in [4.69, 9.17) is 0 Å². The summed E-state index contributed by atoms with van der Waals surface area (Å²) in [6.45, 7) is 12.1. The van der Waals surface area contributed by atoms with Crippen molar-refractivity contribution in [2.75, 3.05) is 0 Å². The smallest absolute Gasteiger partial charge is 0 e. The van der Waals surface area contributed by atoms with Gasteiger partial charge < -0.3 is 0 Å². The standard InChI is InChI=1S/C20H25Si.Hf/c1-14-10-6-9-13-16-17(14)19(21(4)5)20(2,3)18(16)15-11-7-8-12-15;/h6-11,13-14H,12H2,1-5H3;/q-1;. The Morgan fingerprint density at radius 2 is 1.91 bits per heavy atom. The number of hydrogen-bond donors (Lipinski definition) is 0. The van der Waals surface area contributed by atoms with Crippen molar-refractivity contribution < 1.29 is 25.8 Å². The quantitative estimate of drug-likeness (QED) is 0.371. The first-order chi connectivity index (χ1) is 9.94. The number of hydrogen-bond acceptors (Lipinski definition) is 0. The Balaban J connectivity index is 0.00000176. The molecule has 0 saturated carbocycles. The Bertz CT molecular complexity index is 649. The molecule has 0 nitrogen and oxygen atoms in total. The van der Waals surface area contributed by atoms with E-state index in [-0.39, 0.29) is 31.3 Å². The molecule has 2 heteroatoms. The third kappa shape index (κ3) is 2.73. The minimum atomic E-state index is -0.475. The molecule has 22 heavy (non-hydrogen) atoms. The molecule has 1 atom stereocenters. The van der Waals surface area contributed by atoms with E-state index in [2.05, 4.69) is 76.4 Å². The fraction of sp³-hybridized carbons (Fsp3) is 0.400. The zero-order chi connectivity index (χ0) is 15.2. The van der Waals surface area contributed by atoms with E-state index in [0.29, 0.717) is 5.92 Å². The van der Waals surface area contributed by atoms with Crippen molar-refractivity contribution in [1.29, 1.82) is 0 Å². The van der Waals surface area contributed by atoms with Gasteiger partial charge in [0.05, 0.1) is 0 Å². The van der Waals surface area contributed by atoms with Gasteiger partial charge in [-0.2, -0.15) is 0 Å². The largest absolute Gasteiger partial charge is 0.140 e. The molecule has 0 N–H and O–H groups in total. The van der Waals surface area contributed by atoms with Gasteiger partial charge >= 0.3 is 0 Å². The van der Waals surface area contributed by atoms with E-state index in [1.807, 2.05) is 0 Å². The zero-order valence-electron chi connectivity index (χ0n) is 14.3. The molecule has 3 aliphatic rings. The molecule has 1 unspecified atom stereocenters. The van der Waals surface area contributed by atoms with Crippen LogP contribution in [0.15, 0.2) is 59.3 Å². The zero-order valence-corrected chi connectivity index (χ0v) is 18.9. The molecule has 0 radical (unpaired) electrons. The Hall–Kier alpha value is -0.473. The summed E-state index contributed by atoms with van der Waals surface area (Å²) in [5.74, 6) is 2.10. The molecule has 0 aromatic rings. The second kappa shape index (κ2) is 6.57. The van der Waals surface area contributed by atoms with Gasteiger partial charge in [-0.3, -0.25) is 0 Å². The molecule has 3 rings (SSSR count). The van der Waals surface area contributed by atoms with Crippen molar-refractivity contribution >= 4 is 13.6 Å². The van der Waals surface area contributed by atoms with Gasteiger partial charge in [0, 0.05) is 25.8 Å². The van der Waals surface area contributed by atoms with Gasteiger partial charge in [0.2, 0.25) is 0 Å². The Morgan fingerprint density at radius 3 is 2.50 bits per heavy atom. The summed E-state index contributed by atoms with van der Waals surface area (Å²) in [6.07, 6.45) is 17.0. The van der Waals surface area contributed by atoms with Crippen LogP contribution in [0.3, 0.4) is 0 Å². The molecule has 0 aliphatic heterocycles. The van der Waals surface area contributed by atoms with Gasteiger partial charge in [0.15, 0.2) is 0 Å². The van der Waals surface area contributed by atoms with Gasteiger partial charge in [-0.1, -0.05) is 52.1 Å². The molecule has 0 saturated heterocycles. The Morgan fingerprint density at radius 1 is 1.18 bits per heavy atom. The van der Waals surface area contributed by atoms with Crippen LogP contribution in [0.5, 0.6) is 0 Å². The Labute approximate surface area is 155 Å². The summed E-state index contributed by atoms with van der Waals surface area (Å²) in [7, 11) is -0.475. The van der Waals surface area contributed by atoms with E-state index >= 15 is 0 Å². The summed E-state index contributed by atoms with van der Waals surface area (Å²) in [4.78, 5) is 0. The summed E-state index contributed by atoms with van der Waals surface area (Å²) >= 11 is 0. The van der Waals surface area contributed by atoms with Crippen LogP contribution in [0.4, 0.5) is 0 Å². The molecule has 0 bridgehead atoms. The van der Waals surface area contributed by atoms with Crippen LogP contribution in [0.1, 0.15) is 27.2 Å². The first-order valence-electron chi connectivity index (χ1n) is 7.96. The maximum atomic E-state index is 2.45. The summed E-state index contributed by atoms with van der Waals surface area (Å²) in [6, 6.07) is 0. The van der Waals surface area contributed by atoms with Gasteiger partial charge in [0.1, 0.15) is 0 Å². The normalized spacial score (nSPS) is 25.1.